The Labute approximate surface area is 135 Å². The second kappa shape index (κ2) is 5.58. The molecule has 0 saturated heterocycles. The number of ether oxygens (including phenoxy) is 1. The van der Waals surface area contributed by atoms with E-state index in [1.165, 1.54) is 6.07 Å². The second-order valence-corrected chi connectivity index (χ2v) is 6.07. The summed E-state index contributed by atoms with van der Waals surface area (Å²) >= 11 is 3.14. The number of nitrogens with zero attached hydrogens (tertiary/aromatic N) is 1. The predicted molar refractivity (Wildman–Crippen MR) is 80.6 cm³/mol. The summed E-state index contributed by atoms with van der Waals surface area (Å²) in [5, 5.41) is 9.41. The molecule has 0 bridgehead atoms. The SMILES string of the molecule is N#CC1=C(N)OC2=C(C(=O)CCC2)C1c1ccc(F)c(Br)c1. The summed E-state index contributed by atoms with van der Waals surface area (Å²) in [7, 11) is 0. The number of carbonyl (C=O) groups excluding carboxylic acids is 1. The number of hydrogen-bond donors (Lipinski definition) is 1. The van der Waals surface area contributed by atoms with Gasteiger partial charge in [0.15, 0.2) is 5.78 Å². The maximum absolute atomic E-state index is 13.5. The van der Waals surface area contributed by atoms with Crippen LogP contribution in [-0.4, -0.2) is 5.78 Å². The second-order valence-electron chi connectivity index (χ2n) is 5.21. The number of ketones is 1. The molecular weight excluding hydrogens is 351 g/mol. The molecule has 1 aromatic carbocycles. The van der Waals surface area contributed by atoms with E-state index in [2.05, 4.69) is 15.9 Å². The van der Waals surface area contributed by atoms with Gasteiger partial charge in [-0.2, -0.15) is 5.26 Å². The van der Waals surface area contributed by atoms with Crippen molar-refractivity contribution in [2.24, 2.45) is 5.73 Å². The molecule has 1 aromatic rings. The summed E-state index contributed by atoms with van der Waals surface area (Å²) in [6, 6.07) is 6.46. The van der Waals surface area contributed by atoms with Crippen LogP contribution in [0.2, 0.25) is 0 Å². The van der Waals surface area contributed by atoms with Crippen LogP contribution in [0, 0.1) is 17.1 Å². The van der Waals surface area contributed by atoms with Crippen LogP contribution in [0.4, 0.5) is 4.39 Å². The van der Waals surface area contributed by atoms with Crippen molar-refractivity contribution in [3.05, 3.63) is 56.8 Å². The van der Waals surface area contributed by atoms with Crippen LogP contribution in [0.5, 0.6) is 0 Å². The highest BCUT2D eigenvalue weighted by Crippen LogP contribution is 2.43. The summed E-state index contributed by atoms with van der Waals surface area (Å²) in [6.07, 6.45) is 1.73. The van der Waals surface area contributed by atoms with E-state index in [1.54, 1.807) is 12.1 Å². The maximum atomic E-state index is 13.5. The molecule has 0 radical (unpaired) electrons. The fraction of sp³-hybridized carbons (Fsp3) is 0.250. The quantitative estimate of drug-likeness (QED) is 0.830. The summed E-state index contributed by atoms with van der Waals surface area (Å²) in [6.45, 7) is 0. The normalized spacial score (nSPS) is 21.3. The van der Waals surface area contributed by atoms with E-state index in [9.17, 15) is 14.4 Å². The molecule has 0 spiro atoms. The highest BCUT2D eigenvalue weighted by atomic mass is 79.9. The zero-order valence-electron chi connectivity index (χ0n) is 11.5. The zero-order chi connectivity index (χ0) is 15.9. The number of nitriles is 1. The van der Waals surface area contributed by atoms with Crippen molar-refractivity contribution < 1.29 is 13.9 Å². The third-order valence-electron chi connectivity index (χ3n) is 3.88. The van der Waals surface area contributed by atoms with Gasteiger partial charge in [-0.05, 0) is 40.0 Å². The number of benzene rings is 1. The number of hydrogen-bond acceptors (Lipinski definition) is 4. The Balaban J connectivity index is 2.20. The van der Waals surface area contributed by atoms with Crippen LogP contribution < -0.4 is 5.73 Å². The van der Waals surface area contributed by atoms with Crippen LogP contribution in [-0.2, 0) is 9.53 Å². The van der Waals surface area contributed by atoms with E-state index in [0.717, 1.165) is 0 Å². The molecule has 1 aliphatic carbocycles. The number of rotatable bonds is 1. The summed E-state index contributed by atoms with van der Waals surface area (Å²) in [5.74, 6) is -0.513. The van der Waals surface area contributed by atoms with Crippen molar-refractivity contribution in [3.8, 4) is 6.07 Å². The molecule has 22 heavy (non-hydrogen) atoms. The average molecular weight is 363 g/mol. The van der Waals surface area contributed by atoms with Crippen molar-refractivity contribution in [1.82, 2.24) is 0 Å². The van der Waals surface area contributed by atoms with Gasteiger partial charge in [0.05, 0.1) is 10.4 Å². The van der Waals surface area contributed by atoms with Gasteiger partial charge < -0.3 is 10.5 Å². The first-order valence-electron chi connectivity index (χ1n) is 6.81. The summed E-state index contributed by atoms with van der Waals surface area (Å²) < 4.78 is 19.2. The fourth-order valence-corrected chi connectivity index (χ4v) is 3.28. The van der Waals surface area contributed by atoms with Gasteiger partial charge in [0, 0.05) is 18.4 Å². The molecule has 2 aliphatic rings. The van der Waals surface area contributed by atoms with E-state index in [-0.39, 0.29) is 21.7 Å². The Morgan fingerprint density at radius 3 is 2.86 bits per heavy atom. The topological polar surface area (TPSA) is 76.1 Å². The molecule has 112 valence electrons. The molecule has 2 N–H and O–H groups in total. The molecule has 1 heterocycles. The van der Waals surface area contributed by atoms with E-state index in [4.69, 9.17) is 10.5 Å². The van der Waals surface area contributed by atoms with Crippen molar-refractivity contribution in [2.75, 3.05) is 0 Å². The molecule has 6 heteroatoms. The molecule has 3 rings (SSSR count). The minimum absolute atomic E-state index is 0.0152. The smallest absolute Gasteiger partial charge is 0.205 e. The maximum Gasteiger partial charge on any atom is 0.205 e. The lowest BCUT2D eigenvalue weighted by molar-refractivity contribution is -0.116. The number of nitrogens with two attached hydrogens (primary N) is 1. The van der Waals surface area contributed by atoms with Crippen molar-refractivity contribution >= 4 is 21.7 Å². The molecule has 4 nitrogen and oxygen atoms in total. The van der Waals surface area contributed by atoms with Gasteiger partial charge in [0.2, 0.25) is 5.88 Å². The number of carbonyl (C=O) groups is 1. The Morgan fingerprint density at radius 2 is 2.18 bits per heavy atom. The highest BCUT2D eigenvalue weighted by molar-refractivity contribution is 9.10. The van der Waals surface area contributed by atoms with Crippen LogP contribution in [0.1, 0.15) is 30.7 Å². The lowest BCUT2D eigenvalue weighted by Gasteiger charge is -2.31. The van der Waals surface area contributed by atoms with Crippen LogP contribution >= 0.6 is 15.9 Å². The number of halogens is 2. The largest absolute Gasteiger partial charge is 0.444 e. The molecule has 0 saturated carbocycles. The highest BCUT2D eigenvalue weighted by Gasteiger charge is 2.38. The first kappa shape index (κ1) is 14.8. The molecule has 1 atom stereocenters. The van der Waals surface area contributed by atoms with Gasteiger partial charge in [0.25, 0.3) is 0 Å². The van der Waals surface area contributed by atoms with Crippen molar-refractivity contribution in [3.63, 3.8) is 0 Å². The van der Waals surface area contributed by atoms with Crippen LogP contribution in [0.25, 0.3) is 0 Å². The summed E-state index contributed by atoms with van der Waals surface area (Å²) in [5.41, 5.74) is 7.13. The lowest BCUT2D eigenvalue weighted by atomic mass is 9.77. The minimum atomic E-state index is -0.599. The zero-order valence-corrected chi connectivity index (χ0v) is 13.1. The fourth-order valence-electron chi connectivity index (χ4n) is 2.88. The minimum Gasteiger partial charge on any atom is -0.444 e. The van der Waals surface area contributed by atoms with Gasteiger partial charge in [-0.1, -0.05) is 6.07 Å². The molecule has 0 fully saturated rings. The Morgan fingerprint density at radius 1 is 1.41 bits per heavy atom. The third kappa shape index (κ3) is 2.32. The molecule has 1 unspecified atom stereocenters. The lowest BCUT2D eigenvalue weighted by Crippen LogP contribution is -2.27. The van der Waals surface area contributed by atoms with E-state index < -0.39 is 11.7 Å². The number of allylic oxidation sites excluding steroid dienone is 3. The van der Waals surface area contributed by atoms with Gasteiger partial charge in [-0.15, -0.1) is 0 Å². The Kier molecular flexibility index (Phi) is 3.75. The van der Waals surface area contributed by atoms with Gasteiger partial charge in [0.1, 0.15) is 23.2 Å². The molecule has 0 aromatic heterocycles. The van der Waals surface area contributed by atoms with Gasteiger partial charge >= 0.3 is 0 Å². The Bertz CT molecular complexity index is 777. The summed E-state index contributed by atoms with van der Waals surface area (Å²) in [4.78, 5) is 12.3. The molecular formula is C16H12BrFN2O2. The third-order valence-corrected chi connectivity index (χ3v) is 4.49. The van der Waals surface area contributed by atoms with E-state index in [1.807, 2.05) is 6.07 Å². The van der Waals surface area contributed by atoms with E-state index >= 15 is 0 Å². The van der Waals surface area contributed by atoms with Crippen molar-refractivity contribution in [2.45, 2.75) is 25.2 Å². The number of Topliss-reactive ketones (excluding diaryl/α,β-unsaturated/α-hetero) is 1. The van der Waals surface area contributed by atoms with Crippen molar-refractivity contribution in [1.29, 1.82) is 5.26 Å². The average Bonchev–Trinajstić information content (AvgIpc) is 2.49. The van der Waals surface area contributed by atoms with Crippen LogP contribution in [0.15, 0.2) is 45.5 Å². The molecule has 1 aliphatic heterocycles. The van der Waals surface area contributed by atoms with Gasteiger partial charge in [-0.25, -0.2) is 4.39 Å². The van der Waals surface area contributed by atoms with E-state index in [0.29, 0.717) is 36.2 Å². The predicted octanol–water partition coefficient (Wildman–Crippen LogP) is 3.40. The first-order chi connectivity index (χ1) is 10.5. The Hall–Kier alpha value is -2.13. The van der Waals surface area contributed by atoms with Gasteiger partial charge in [-0.3, -0.25) is 4.79 Å². The first-order valence-corrected chi connectivity index (χ1v) is 7.61. The molecule has 0 amide bonds. The van der Waals surface area contributed by atoms with Crippen LogP contribution in [0.3, 0.4) is 0 Å². The monoisotopic (exact) mass is 362 g/mol. The standard InChI is InChI=1S/C16H12BrFN2O2/c17-10-6-8(4-5-11(10)18)14-9(7-19)16(20)22-13-3-1-2-12(21)15(13)14/h4-6,14H,1-3,20H2.